The number of anilines is 1. The van der Waals surface area contributed by atoms with Gasteiger partial charge in [-0.3, -0.25) is 8.98 Å². The van der Waals surface area contributed by atoms with Gasteiger partial charge in [-0.2, -0.15) is 52.2 Å². The van der Waals surface area contributed by atoms with Gasteiger partial charge in [0, 0.05) is 36.1 Å². The summed E-state index contributed by atoms with van der Waals surface area (Å²) in [4.78, 5) is 67.1. The van der Waals surface area contributed by atoms with E-state index in [0.717, 1.165) is 83.8 Å². The molecule has 3 fully saturated rings. The van der Waals surface area contributed by atoms with E-state index >= 15 is 0 Å². The fraction of sp³-hybridized carbons (Fsp3) is 0.416. The summed E-state index contributed by atoms with van der Waals surface area (Å²) >= 11 is 10.8. The van der Waals surface area contributed by atoms with Crippen LogP contribution >= 0.6 is 23.2 Å². The maximum atomic E-state index is 12.6. The van der Waals surface area contributed by atoms with Crippen LogP contribution in [-0.2, 0) is 64.5 Å². The van der Waals surface area contributed by atoms with E-state index in [9.17, 15) is 50.4 Å². The van der Waals surface area contributed by atoms with Gasteiger partial charge in [0.1, 0.15) is 31.1 Å². The van der Waals surface area contributed by atoms with Gasteiger partial charge in [0.15, 0.2) is 33.1 Å². The highest BCUT2D eigenvalue weighted by Crippen LogP contribution is 2.35. The van der Waals surface area contributed by atoms with Crippen LogP contribution in [-0.4, -0.2) is 178 Å². The molecule has 128 heavy (non-hydrogen) atoms. The molecule has 686 valence electrons. The molecule has 3 aromatic carbocycles. The second-order valence-electron chi connectivity index (χ2n) is 29.1. The standard InChI is InChI=1S/C23H18F3NO4.C12H18N2O3S.C12H16N2O2.C12H14N2O2.C11H16N2O.C6H11BO2.C6H5ClN2O2.C5H3ClN2O2.C2H6O/c24-23(25,26)22(29)27-18-11-12-19(21(28)31-15-17-9-5-2-6-10-17)20(13-18)30-14-16-7-3-1-4-8-16;1-18(15,16)17-9-11-7-8-12(14-13-11)10-5-3-2-4-6-10;2*1-16-12(15)11-8-7-10(13-14-11)9-5-3-2-4-6-9;14-8-10-6-7-11(13-12-10)9-4-2-1-3-5-9;8-7(9)6-4-2-1-3-5-6;1-11-6(10)4-2-3-5(7)9-8-4;6-4-2-1-3(5(9)10)7-8-4;1-2-3/h1-13H,14-15H2,(H,27,29);7-8,10H,2-6,9H2,1H3;7-9H,2-6H2,1H3;5,7-8H,2-4,6H2,1H3;6-7,9,14H,1-5,8H2;4,8-9H,1-3,5H2;2-3H,1H3;1-2H,(H,9,10);3H,2H2,1H3. The molecule has 0 bridgehead atoms. The molecular weight excluding hydrogens is 1730 g/mol. The number of allylic oxidation sites excluding steroid dienone is 4. The minimum absolute atomic E-state index is 0.0121. The Hall–Kier alpha value is -11.6. The number of ether oxygens (including phenoxy) is 5. The minimum Gasteiger partial charge on any atom is -0.488 e. The monoisotopic (exact) mass is 1830 g/mol. The van der Waals surface area contributed by atoms with Crippen LogP contribution in [0, 0.1) is 0 Å². The number of aliphatic hydroxyl groups excluding tert-OH is 2. The van der Waals surface area contributed by atoms with Gasteiger partial charge in [-0.1, -0.05) is 154 Å². The number of carboxylic acid groups (broad SMARTS) is 1. The average molecular weight is 1830 g/mol. The summed E-state index contributed by atoms with van der Waals surface area (Å²) in [5, 5.41) is 90.1. The Kier molecular flexibility index (Phi) is 47.7. The summed E-state index contributed by atoms with van der Waals surface area (Å²) < 4.78 is 88.5. The first kappa shape index (κ1) is 105. The third kappa shape index (κ3) is 40.2. The largest absolute Gasteiger partial charge is 0.488 e. The molecule has 5 aliphatic rings. The summed E-state index contributed by atoms with van der Waals surface area (Å²) in [5.41, 5.74) is 9.21. The number of carbonyl (C=O) groups excluding carboxylic acids is 5. The lowest BCUT2D eigenvalue weighted by molar-refractivity contribution is -0.167. The third-order valence-electron chi connectivity index (χ3n) is 19.6. The maximum absolute atomic E-state index is 12.6. The number of halogens is 5. The molecule has 32 nitrogen and oxygen atoms in total. The van der Waals surface area contributed by atoms with Crippen molar-refractivity contribution in [3.63, 3.8) is 0 Å². The fourth-order valence-corrected chi connectivity index (χ4v) is 13.5. The molecule has 39 heteroatoms. The number of alkyl halides is 3. The van der Waals surface area contributed by atoms with Crippen molar-refractivity contribution >= 4 is 87.5 Å². The number of nitrogens with one attached hydrogen (secondary N) is 1. The molecule has 6 heterocycles. The quantitative estimate of drug-likeness (QED) is 0.0179. The topological polar surface area (TPSA) is 460 Å². The number of rotatable bonds is 20. The molecule has 14 rings (SSSR count). The van der Waals surface area contributed by atoms with Crippen LogP contribution in [0.3, 0.4) is 0 Å². The molecule has 0 saturated heterocycles. The second-order valence-corrected chi connectivity index (χ2v) is 31.5. The van der Waals surface area contributed by atoms with Crippen molar-refractivity contribution in [2.75, 3.05) is 39.5 Å². The minimum atomic E-state index is -5.04. The van der Waals surface area contributed by atoms with Crippen molar-refractivity contribution in [3.8, 4) is 5.75 Å². The Balaban J connectivity index is 0.000000232. The first-order valence-electron chi connectivity index (χ1n) is 41.5. The van der Waals surface area contributed by atoms with Gasteiger partial charge in [-0.15, -0.1) is 30.6 Å². The zero-order valence-corrected chi connectivity index (χ0v) is 74.1. The molecule has 0 radical (unpaired) electrons. The maximum Gasteiger partial charge on any atom is 0.483 e. The summed E-state index contributed by atoms with van der Waals surface area (Å²) in [7, 11) is -0.667. The lowest BCUT2D eigenvalue weighted by atomic mass is 9.74. The Bertz CT molecular complexity index is 5000. The highest BCUT2D eigenvalue weighted by Gasteiger charge is 2.39. The van der Waals surface area contributed by atoms with Crippen molar-refractivity contribution in [1.82, 2.24) is 61.2 Å². The lowest BCUT2D eigenvalue weighted by Crippen LogP contribution is -2.29. The Morgan fingerprint density at radius 2 is 0.922 bits per heavy atom. The molecule has 0 unspecified atom stereocenters. The van der Waals surface area contributed by atoms with Crippen molar-refractivity contribution in [2.45, 2.75) is 205 Å². The molecule has 5 aliphatic carbocycles. The van der Waals surface area contributed by atoms with E-state index in [4.69, 9.17) is 58.0 Å². The molecule has 1 amide bonds. The number of esters is 4. The van der Waals surface area contributed by atoms with Crippen LogP contribution in [0.2, 0.25) is 10.3 Å². The SMILES string of the molecule is CCO.COC(=O)c1ccc(C2=CCCCC2)nn1.COC(=O)c1ccc(C2CCCCC2)nn1.COC(=O)c1ccc(Cl)nn1.CS(=O)(=O)OCc1ccc(C2CCCCC2)nn1.O=C(O)c1ccc(Cl)nn1.O=C(OCc1ccccc1)c1ccc(NC(=O)C(F)(F)F)cc1OCc1ccccc1.OB(O)C1=CCCCC1.OCc1ccc(C2CCCCC2)nn1. The molecule has 0 atom stereocenters. The van der Waals surface area contributed by atoms with E-state index < -0.39 is 59.2 Å². The van der Waals surface area contributed by atoms with E-state index in [1.165, 1.54) is 179 Å². The zero-order valence-electron chi connectivity index (χ0n) is 71.8. The van der Waals surface area contributed by atoms with Crippen molar-refractivity contribution in [2.24, 2.45) is 0 Å². The number of aliphatic hydroxyl groups is 2. The molecule has 0 spiro atoms. The van der Waals surface area contributed by atoms with E-state index in [2.05, 4.69) is 85.7 Å². The fourth-order valence-electron chi connectivity index (χ4n) is 12.9. The molecule has 9 aromatic rings. The smallest absolute Gasteiger partial charge is 0.483 e. The molecule has 6 aromatic heterocycles. The number of methoxy groups -OCH3 is 3. The number of hydrogen-bond acceptors (Lipinski definition) is 30. The highest BCUT2D eigenvalue weighted by molar-refractivity contribution is 7.85. The van der Waals surface area contributed by atoms with Crippen molar-refractivity contribution in [3.05, 3.63) is 253 Å². The first-order valence-corrected chi connectivity index (χ1v) is 44.1. The van der Waals surface area contributed by atoms with Gasteiger partial charge in [-0.25, -0.2) is 24.0 Å². The number of hydrogen-bond donors (Lipinski definition) is 6. The van der Waals surface area contributed by atoms with E-state index in [0.29, 0.717) is 29.1 Å². The number of carboxylic acids is 1. The second kappa shape index (κ2) is 58.0. The third-order valence-corrected chi connectivity index (χ3v) is 20.5. The predicted octanol–water partition coefficient (Wildman–Crippen LogP) is 15.9. The predicted molar refractivity (Wildman–Crippen MR) is 470 cm³/mol. The Morgan fingerprint density at radius 1 is 0.484 bits per heavy atom. The van der Waals surface area contributed by atoms with E-state index in [-0.39, 0.29) is 83.1 Å². The first-order chi connectivity index (χ1) is 61.5. The highest BCUT2D eigenvalue weighted by atomic mass is 35.5. The van der Waals surface area contributed by atoms with Crippen LogP contribution in [0.4, 0.5) is 18.9 Å². The number of nitrogens with zero attached hydrogens (tertiary/aromatic N) is 12. The van der Waals surface area contributed by atoms with Gasteiger partial charge in [0.05, 0.1) is 68.4 Å². The lowest BCUT2D eigenvalue weighted by Gasteiger charge is -2.20. The van der Waals surface area contributed by atoms with Gasteiger partial charge in [0.2, 0.25) is 0 Å². The van der Waals surface area contributed by atoms with Gasteiger partial charge >= 0.3 is 49.0 Å². The van der Waals surface area contributed by atoms with Crippen LogP contribution < -0.4 is 10.1 Å². The van der Waals surface area contributed by atoms with E-state index in [1.54, 1.807) is 79.0 Å². The van der Waals surface area contributed by atoms with Crippen molar-refractivity contribution < 1.29 is 104 Å². The summed E-state index contributed by atoms with van der Waals surface area (Å²) in [6.07, 6.45) is 27.7. The zero-order chi connectivity index (χ0) is 93.1. The molecule has 6 N–H and O–H groups in total. The molecule has 3 saturated carbocycles. The number of amides is 1. The number of aromatic carboxylic acids is 1. The number of benzene rings is 3. The summed E-state index contributed by atoms with van der Waals surface area (Å²) in [6, 6.07) is 41.9. The van der Waals surface area contributed by atoms with Gasteiger partial charge < -0.3 is 54.4 Å². The summed E-state index contributed by atoms with van der Waals surface area (Å²) in [5.74, 6) is -3.71. The molecular formula is C89H107BCl2F3N13O19S. The van der Waals surface area contributed by atoms with Gasteiger partial charge in [-0.05, 0) is 204 Å². The van der Waals surface area contributed by atoms with Crippen LogP contribution in [0.5, 0.6) is 5.75 Å². The number of carbonyl (C=O) groups is 6. The van der Waals surface area contributed by atoms with Crippen molar-refractivity contribution in [1.29, 1.82) is 0 Å². The van der Waals surface area contributed by atoms with E-state index in [1.807, 2.05) is 48.5 Å². The molecule has 0 aliphatic heterocycles. The average Bonchev–Trinajstić information content (AvgIpc) is 0.819. The Labute approximate surface area is 751 Å². The number of aromatic nitrogens is 12. The van der Waals surface area contributed by atoms with Crippen LogP contribution in [0.15, 0.2) is 169 Å². The van der Waals surface area contributed by atoms with Crippen LogP contribution in [0.1, 0.15) is 270 Å². The Morgan fingerprint density at radius 3 is 1.30 bits per heavy atom. The van der Waals surface area contributed by atoms with Crippen LogP contribution in [0.25, 0.3) is 5.57 Å². The summed E-state index contributed by atoms with van der Waals surface area (Å²) in [6.45, 7) is 1.95. The van der Waals surface area contributed by atoms with Gasteiger partial charge in [0.25, 0.3) is 10.1 Å². The normalized spacial score (nSPS) is 14.2.